The van der Waals surface area contributed by atoms with Gasteiger partial charge in [-0.3, -0.25) is 0 Å². The number of likely N-dealkylation sites (N-methyl/N-ethyl adjacent to an activating group) is 1. The minimum absolute atomic E-state index is 0.321. The number of halogens is 1. The van der Waals surface area contributed by atoms with Crippen LogP contribution in [0.5, 0.6) is 0 Å². The second-order valence-electron chi connectivity index (χ2n) is 5.32. The summed E-state index contributed by atoms with van der Waals surface area (Å²) in [7, 11) is 1.93. The Kier molecular flexibility index (Phi) is 4.77. The van der Waals surface area contributed by atoms with Gasteiger partial charge in [-0.1, -0.05) is 0 Å². The first-order chi connectivity index (χ1) is 9.08. The number of ether oxygens (including phenoxy) is 1. The van der Waals surface area contributed by atoms with E-state index in [-0.39, 0.29) is 5.82 Å². The van der Waals surface area contributed by atoms with Gasteiger partial charge in [0.15, 0.2) is 0 Å². The molecule has 0 radical (unpaired) electrons. The molecule has 0 saturated heterocycles. The third-order valence-electron chi connectivity index (χ3n) is 3.47. The fraction of sp³-hybridized carbons (Fsp3) is 0.600. The highest BCUT2D eigenvalue weighted by Gasteiger charge is 2.21. The average molecular weight is 267 g/mol. The topological polar surface area (TPSA) is 32.7 Å². The molecule has 0 spiro atoms. The molecule has 1 unspecified atom stereocenters. The molecule has 0 amide bonds. The molecule has 1 fully saturated rings. The Balaban J connectivity index is 1.90. The van der Waals surface area contributed by atoms with E-state index in [1.165, 1.54) is 25.0 Å². The minimum atomic E-state index is -0.680. The first-order valence-electron chi connectivity index (χ1n) is 6.84. The van der Waals surface area contributed by atoms with Crippen LogP contribution in [0.4, 0.5) is 10.1 Å². The van der Waals surface area contributed by atoms with Crippen molar-refractivity contribution in [3.05, 3.63) is 29.6 Å². The number of hydrogen-bond acceptors (Lipinski definition) is 3. The third kappa shape index (κ3) is 4.18. The summed E-state index contributed by atoms with van der Waals surface area (Å²) in [6.45, 7) is 3.89. The maximum Gasteiger partial charge on any atom is 0.123 e. The van der Waals surface area contributed by atoms with Crippen molar-refractivity contribution >= 4 is 5.69 Å². The van der Waals surface area contributed by atoms with E-state index in [0.717, 1.165) is 24.8 Å². The normalized spacial score (nSPS) is 16.4. The second kappa shape index (κ2) is 6.35. The van der Waals surface area contributed by atoms with Gasteiger partial charge in [0, 0.05) is 31.5 Å². The number of aliphatic hydroxyl groups is 1. The minimum Gasteiger partial charge on any atom is -0.389 e. The molecule has 1 aromatic carbocycles. The molecule has 1 atom stereocenters. The summed E-state index contributed by atoms with van der Waals surface area (Å²) >= 11 is 0. The van der Waals surface area contributed by atoms with E-state index >= 15 is 0 Å². The van der Waals surface area contributed by atoms with E-state index in [2.05, 4.69) is 0 Å². The third-order valence-corrected chi connectivity index (χ3v) is 3.47. The van der Waals surface area contributed by atoms with Crippen LogP contribution in [0.25, 0.3) is 0 Å². The molecule has 1 aliphatic carbocycles. The molecule has 1 aromatic rings. The molecule has 4 heteroatoms. The number of anilines is 1. The van der Waals surface area contributed by atoms with Gasteiger partial charge in [-0.2, -0.15) is 0 Å². The van der Waals surface area contributed by atoms with Gasteiger partial charge in [-0.05, 0) is 43.9 Å². The molecule has 1 saturated carbocycles. The first kappa shape index (κ1) is 14.3. The van der Waals surface area contributed by atoms with Crippen molar-refractivity contribution in [2.75, 3.05) is 31.7 Å². The lowest BCUT2D eigenvalue weighted by Crippen LogP contribution is -2.24. The van der Waals surface area contributed by atoms with Gasteiger partial charge in [-0.15, -0.1) is 0 Å². The maximum atomic E-state index is 13.2. The van der Waals surface area contributed by atoms with Crippen molar-refractivity contribution in [2.45, 2.75) is 25.9 Å². The van der Waals surface area contributed by atoms with Crippen LogP contribution in [0, 0.1) is 11.7 Å². The monoisotopic (exact) mass is 267 g/mol. The molecule has 3 nitrogen and oxygen atoms in total. The summed E-state index contributed by atoms with van der Waals surface area (Å²) in [4.78, 5) is 1.99. The van der Waals surface area contributed by atoms with Crippen LogP contribution >= 0.6 is 0 Å². The summed E-state index contributed by atoms with van der Waals surface area (Å²) in [5, 5.41) is 9.71. The summed E-state index contributed by atoms with van der Waals surface area (Å²) in [5.74, 6) is 0.446. The lowest BCUT2D eigenvalue weighted by atomic mass is 10.1. The number of nitrogens with zero attached hydrogens (tertiary/aromatic N) is 1. The largest absolute Gasteiger partial charge is 0.389 e. The van der Waals surface area contributed by atoms with E-state index in [1.807, 2.05) is 11.9 Å². The zero-order valence-corrected chi connectivity index (χ0v) is 11.6. The Labute approximate surface area is 114 Å². The zero-order valence-electron chi connectivity index (χ0n) is 11.6. The Bertz CT molecular complexity index is 419. The summed E-state index contributed by atoms with van der Waals surface area (Å²) in [6, 6.07) is 4.52. The number of aliphatic hydroxyl groups excluding tert-OH is 1. The number of benzene rings is 1. The van der Waals surface area contributed by atoms with E-state index in [4.69, 9.17) is 4.74 Å². The van der Waals surface area contributed by atoms with Crippen molar-refractivity contribution in [2.24, 2.45) is 5.92 Å². The summed E-state index contributed by atoms with van der Waals surface area (Å²) in [5.41, 5.74) is 1.47. The summed E-state index contributed by atoms with van der Waals surface area (Å²) < 4.78 is 18.8. The van der Waals surface area contributed by atoms with E-state index in [0.29, 0.717) is 12.2 Å². The molecular formula is C15H22FNO2. The standard InChI is InChI=1S/C15H22FNO2/c1-11(18)14-9-13(16)5-6-15(14)17(2)7-8-19-10-12-3-4-12/h5-6,9,11-12,18H,3-4,7-8,10H2,1-2H3. The van der Waals surface area contributed by atoms with Crippen LogP contribution < -0.4 is 4.90 Å². The highest BCUT2D eigenvalue weighted by Crippen LogP contribution is 2.29. The quantitative estimate of drug-likeness (QED) is 0.771. The number of rotatable bonds is 7. The predicted molar refractivity (Wildman–Crippen MR) is 73.8 cm³/mol. The van der Waals surface area contributed by atoms with Gasteiger partial charge in [0.2, 0.25) is 0 Å². The SMILES string of the molecule is CC(O)c1cc(F)ccc1N(C)CCOCC1CC1. The number of hydrogen-bond donors (Lipinski definition) is 1. The van der Waals surface area contributed by atoms with Crippen LogP contribution in [0.1, 0.15) is 31.4 Å². The van der Waals surface area contributed by atoms with Crippen molar-refractivity contribution < 1.29 is 14.2 Å². The van der Waals surface area contributed by atoms with Crippen LogP contribution in [0.15, 0.2) is 18.2 Å². The van der Waals surface area contributed by atoms with E-state index in [1.54, 1.807) is 13.0 Å². The second-order valence-corrected chi connectivity index (χ2v) is 5.32. The van der Waals surface area contributed by atoms with E-state index < -0.39 is 6.10 Å². The van der Waals surface area contributed by atoms with E-state index in [9.17, 15) is 9.50 Å². The Morgan fingerprint density at radius 1 is 1.47 bits per heavy atom. The molecule has 0 aliphatic heterocycles. The molecule has 106 valence electrons. The van der Waals surface area contributed by atoms with Gasteiger partial charge < -0.3 is 14.7 Å². The molecule has 1 aliphatic rings. The van der Waals surface area contributed by atoms with Crippen molar-refractivity contribution in [1.29, 1.82) is 0 Å². The zero-order chi connectivity index (χ0) is 13.8. The van der Waals surface area contributed by atoms with Gasteiger partial charge in [0.05, 0.1) is 12.7 Å². The molecule has 1 N–H and O–H groups in total. The fourth-order valence-corrected chi connectivity index (χ4v) is 2.06. The van der Waals surface area contributed by atoms with Crippen molar-refractivity contribution in [1.82, 2.24) is 0 Å². The highest BCUT2D eigenvalue weighted by molar-refractivity contribution is 5.54. The molecule has 0 bridgehead atoms. The van der Waals surface area contributed by atoms with Gasteiger partial charge in [-0.25, -0.2) is 4.39 Å². The average Bonchev–Trinajstić information content (AvgIpc) is 3.18. The van der Waals surface area contributed by atoms with Crippen molar-refractivity contribution in [3.63, 3.8) is 0 Å². The van der Waals surface area contributed by atoms with Crippen LogP contribution in [0.2, 0.25) is 0 Å². The highest BCUT2D eigenvalue weighted by atomic mass is 19.1. The van der Waals surface area contributed by atoms with Crippen molar-refractivity contribution in [3.8, 4) is 0 Å². The summed E-state index contributed by atoms with van der Waals surface area (Å²) in [6.07, 6.45) is 1.90. The Hall–Kier alpha value is -1.13. The lowest BCUT2D eigenvalue weighted by Gasteiger charge is -2.23. The molecule has 0 heterocycles. The Morgan fingerprint density at radius 3 is 2.84 bits per heavy atom. The molecule has 2 rings (SSSR count). The van der Waals surface area contributed by atoms with Crippen LogP contribution in [-0.4, -0.2) is 31.9 Å². The molecule has 19 heavy (non-hydrogen) atoms. The first-order valence-corrected chi connectivity index (χ1v) is 6.84. The van der Waals surface area contributed by atoms with Gasteiger partial charge in [0.25, 0.3) is 0 Å². The van der Waals surface area contributed by atoms with Crippen LogP contribution in [0.3, 0.4) is 0 Å². The van der Waals surface area contributed by atoms with Gasteiger partial charge in [0.1, 0.15) is 5.82 Å². The molecule has 0 aromatic heterocycles. The Morgan fingerprint density at radius 2 is 2.21 bits per heavy atom. The lowest BCUT2D eigenvalue weighted by molar-refractivity contribution is 0.130. The predicted octanol–water partition coefficient (Wildman–Crippen LogP) is 2.74. The maximum absolute atomic E-state index is 13.2. The smallest absolute Gasteiger partial charge is 0.123 e. The fourth-order valence-electron chi connectivity index (χ4n) is 2.06. The van der Waals surface area contributed by atoms with Crippen LogP contribution in [-0.2, 0) is 4.74 Å². The molecular weight excluding hydrogens is 245 g/mol. The van der Waals surface area contributed by atoms with Gasteiger partial charge >= 0.3 is 0 Å².